The summed E-state index contributed by atoms with van der Waals surface area (Å²) < 4.78 is 0. The van der Waals surface area contributed by atoms with Crippen molar-refractivity contribution in [3.8, 4) is 0 Å². The van der Waals surface area contributed by atoms with E-state index in [1.165, 1.54) is 0 Å². The number of hydrogen-bond donors (Lipinski definition) is 1. The van der Waals surface area contributed by atoms with Gasteiger partial charge in [-0.2, -0.15) is 0 Å². The molecule has 1 N–H and O–H groups in total. The Balaban J connectivity index is -0.000000245. The van der Waals surface area contributed by atoms with E-state index in [9.17, 15) is 4.79 Å². The van der Waals surface area contributed by atoms with Crippen molar-refractivity contribution in [2.24, 2.45) is 0 Å². The molecule has 0 amide bonds. The normalized spacial score (nSPS) is 7.30. The summed E-state index contributed by atoms with van der Waals surface area (Å²) >= 11 is 0. The average molecular weight is 180 g/mol. The predicted octanol–water partition coefficient (Wildman–Crippen LogP) is 0.354. The SMILES string of the molecule is CCCCCC(=O)O.[KH].[NaH]. The van der Waals surface area contributed by atoms with E-state index in [0.29, 0.717) is 6.42 Å². The van der Waals surface area contributed by atoms with E-state index in [-0.39, 0.29) is 80.9 Å². The number of unbranched alkanes of at least 4 members (excludes halogenated alkanes) is 2. The first kappa shape index (κ1) is 18.0. The zero-order chi connectivity index (χ0) is 6.41. The van der Waals surface area contributed by atoms with E-state index in [0.717, 1.165) is 19.3 Å². The van der Waals surface area contributed by atoms with Gasteiger partial charge in [-0.05, 0) is 6.42 Å². The molecule has 0 radical (unpaired) electrons. The average Bonchev–Trinajstić information content (AvgIpc) is 1.66. The first-order valence-electron chi connectivity index (χ1n) is 2.99. The van der Waals surface area contributed by atoms with Gasteiger partial charge in [-0.1, -0.05) is 19.8 Å². The van der Waals surface area contributed by atoms with Crippen LogP contribution in [0.4, 0.5) is 0 Å². The predicted molar refractivity (Wildman–Crippen MR) is 46.1 cm³/mol. The third-order valence-electron chi connectivity index (χ3n) is 0.994. The summed E-state index contributed by atoms with van der Waals surface area (Å²) in [6.45, 7) is 2.06. The topological polar surface area (TPSA) is 37.3 Å². The van der Waals surface area contributed by atoms with Crippen LogP contribution in [-0.2, 0) is 4.79 Å². The minimum absolute atomic E-state index is 0. The molecular weight excluding hydrogens is 166 g/mol. The summed E-state index contributed by atoms with van der Waals surface area (Å²) in [5, 5.41) is 8.14. The number of carboxylic acid groups (broad SMARTS) is 1. The van der Waals surface area contributed by atoms with Crippen molar-refractivity contribution >= 4 is 86.9 Å². The Morgan fingerprint density at radius 1 is 1.40 bits per heavy atom. The van der Waals surface area contributed by atoms with E-state index in [4.69, 9.17) is 5.11 Å². The van der Waals surface area contributed by atoms with Crippen molar-refractivity contribution < 1.29 is 9.90 Å². The fourth-order valence-electron chi connectivity index (χ4n) is 0.526. The molecule has 0 spiro atoms. The molecule has 2 nitrogen and oxygen atoms in total. The molecule has 0 saturated heterocycles. The van der Waals surface area contributed by atoms with E-state index >= 15 is 0 Å². The second kappa shape index (κ2) is 13.7. The van der Waals surface area contributed by atoms with Gasteiger partial charge in [0.05, 0.1) is 0 Å². The van der Waals surface area contributed by atoms with Gasteiger partial charge in [-0.25, -0.2) is 0 Å². The van der Waals surface area contributed by atoms with Gasteiger partial charge in [0.2, 0.25) is 0 Å². The van der Waals surface area contributed by atoms with Crippen LogP contribution in [0, 0.1) is 0 Å². The van der Waals surface area contributed by atoms with Crippen LogP contribution in [0.2, 0.25) is 0 Å². The first-order chi connectivity index (χ1) is 3.77. The Morgan fingerprint density at radius 3 is 2.20 bits per heavy atom. The summed E-state index contributed by atoms with van der Waals surface area (Å²) in [6.07, 6.45) is 3.28. The second-order valence-electron chi connectivity index (χ2n) is 1.85. The van der Waals surface area contributed by atoms with Crippen LogP contribution >= 0.6 is 0 Å². The zero-order valence-corrected chi connectivity index (χ0v) is 5.18. The van der Waals surface area contributed by atoms with Crippen LogP contribution < -0.4 is 0 Å². The fraction of sp³-hybridized carbons (Fsp3) is 0.833. The molecule has 0 unspecified atom stereocenters. The molecule has 0 aliphatic heterocycles. The molecule has 0 saturated carbocycles. The number of carboxylic acids is 1. The molecule has 0 heterocycles. The van der Waals surface area contributed by atoms with Crippen molar-refractivity contribution in [1.29, 1.82) is 0 Å². The van der Waals surface area contributed by atoms with Gasteiger partial charge < -0.3 is 5.11 Å². The van der Waals surface area contributed by atoms with Gasteiger partial charge in [-0.15, -0.1) is 0 Å². The minimum atomic E-state index is -0.682. The maximum atomic E-state index is 9.87. The quantitative estimate of drug-likeness (QED) is 0.501. The van der Waals surface area contributed by atoms with Gasteiger partial charge in [0, 0.05) is 6.42 Å². The van der Waals surface area contributed by atoms with Gasteiger partial charge in [0.1, 0.15) is 0 Å². The molecule has 4 heteroatoms. The summed E-state index contributed by atoms with van der Waals surface area (Å²) in [4.78, 5) is 9.87. The summed E-state index contributed by atoms with van der Waals surface area (Å²) in [6, 6.07) is 0. The molecule has 0 aromatic rings. The van der Waals surface area contributed by atoms with Crippen molar-refractivity contribution in [2.75, 3.05) is 0 Å². The molecular formula is C6H14KNaO2. The fourth-order valence-corrected chi connectivity index (χ4v) is 0.526. The molecule has 0 fully saturated rings. The molecule has 10 heavy (non-hydrogen) atoms. The molecule has 0 aromatic carbocycles. The van der Waals surface area contributed by atoms with E-state index in [1.54, 1.807) is 0 Å². The van der Waals surface area contributed by atoms with Gasteiger partial charge in [0.25, 0.3) is 0 Å². The van der Waals surface area contributed by atoms with E-state index in [2.05, 4.69) is 6.92 Å². The number of aliphatic carboxylic acids is 1. The molecule has 0 aliphatic rings. The monoisotopic (exact) mass is 180 g/mol. The number of carbonyl (C=O) groups is 1. The number of rotatable bonds is 4. The molecule has 0 aromatic heterocycles. The Hall–Kier alpha value is 2.11. The van der Waals surface area contributed by atoms with Crippen molar-refractivity contribution in [3.63, 3.8) is 0 Å². The Bertz CT molecular complexity index is 78.1. The maximum absolute atomic E-state index is 9.87. The second-order valence-corrected chi connectivity index (χ2v) is 1.85. The standard InChI is InChI=1S/C6H12O2.K.Na.2H/c1-2-3-4-5-6(7)8;;;;/h2-5H2,1H3,(H,7,8);;;;. The van der Waals surface area contributed by atoms with Crippen molar-refractivity contribution in [1.82, 2.24) is 0 Å². The van der Waals surface area contributed by atoms with Crippen LogP contribution in [-0.4, -0.2) is 92.0 Å². The van der Waals surface area contributed by atoms with E-state index < -0.39 is 5.97 Å². The van der Waals surface area contributed by atoms with Gasteiger partial charge >= 0.3 is 86.9 Å². The van der Waals surface area contributed by atoms with Crippen LogP contribution in [0.5, 0.6) is 0 Å². The van der Waals surface area contributed by atoms with Crippen molar-refractivity contribution in [3.05, 3.63) is 0 Å². The van der Waals surface area contributed by atoms with Crippen LogP contribution in [0.15, 0.2) is 0 Å². The molecule has 52 valence electrons. The third kappa shape index (κ3) is 16.6. The van der Waals surface area contributed by atoms with Crippen LogP contribution in [0.1, 0.15) is 32.6 Å². The molecule has 0 bridgehead atoms. The summed E-state index contributed by atoms with van der Waals surface area (Å²) in [5.41, 5.74) is 0. The summed E-state index contributed by atoms with van der Waals surface area (Å²) in [7, 11) is 0. The van der Waals surface area contributed by atoms with Crippen LogP contribution in [0.3, 0.4) is 0 Å². The number of hydrogen-bond acceptors (Lipinski definition) is 1. The first-order valence-corrected chi connectivity index (χ1v) is 2.99. The van der Waals surface area contributed by atoms with Crippen LogP contribution in [0.25, 0.3) is 0 Å². The Kier molecular flexibility index (Phi) is 24.6. The molecule has 0 atom stereocenters. The zero-order valence-electron chi connectivity index (χ0n) is 5.18. The van der Waals surface area contributed by atoms with Gasteiger partial charge in [-0.3, -0.25) is 4.79 Å². The van der Waals surface area contributed by atoms with E-state index in [1.807, 2.05) is 0 Å². The molecule has 0 aliphatic carbocycles. The van der Waals surface area contributed by atoms with Gasteiger partial charge in [0.15, 0.2) is 0 Å². The Labute approximate surface area is 127 Å². The third-order valence-corrected chi connectivity index (χ3v) is 0.994. The van der Waals surface area contributed by atoms with Crippen molar-refractivity contribution in [2.45, 2.75) is 32.6 Å². The Morgan fingerprint density at radius 2 is 1.90 bits per heavy atom. The molecule has 0 rings (SSSR count). The summed E-state index contributed by atoms with van der Waals surface area (Å²) in [5.74, 6) is -0.682.